The molecule has 7 heteroatoms. The fourth-order valence-corrected chi connectivity index (χ4v) is 2.96. The molecule has 0 atom stereocenters. The molecule has 0 aromatic heterocycles. The summed E-state index contributed by atoms with van der Waals surface area (Å²) in [7, 11) is -4.11. The molecular weight excluding hydrogens is 288 g/mol. The summed E-state index contributed by atoms with van der Waals surface area (Å²) < 4.78 is 52.7. The molecular formula is C13H11F2NO3S. The van der Waals surface area contributed by atoms with Crippen LogP contribution < -0.4 is 4.72 Å². The Labute approximate surface area is 114 Å². The maximum absolute atomic E-state index is 13.5. The van der Waals surface area contributed by atoms with Crippen molar-refractivity contribution in [1.29, 1.82) is 0 Å². The third-order valence-corrected chi connectivity index (χ3v) is 4.07. The van der Waals surface area contributed by atoms with Crippen LogP contribution in [0.1, 0.15) is 5.56 Å². The van der Waals surface area contributed by atoms with Gasteiger partial charge in [-0.25, -0.2) is 17.2 Å². The summed E-state index contributed by atoms with van der Waals surface area (Å²) in [5.74, 6) is -1.66. The van der Waals surface area contributed by atoms with Crippen LogP contribution >= 0.6 is 0 Å². The zero-order chi connectivity index (χ0) is 14.8. The van der Waals surface area contributed by atoms with Crippen molar-refractivity contribution in [3.05, 3.63) is 59.7 Å². The summed E-state index contributed by atoms with van der Waals surface area (Å²) in [6.07, 6.45) is 0. The van der Waals surface area contributed by atoms with Crippen molar-refractivity contribution >= 4 is 15.7 Å². The molecule has 0 fully saturated rings. The fraction of sp³-hybridized carbons (Fsp3) is 0.0769. The Bertz CT molecular complexity index is 732. The van der Waals surface area contributed by atoms with Gasteiger partial charge in [0.15, 0.2) is 0 Å². The molecule has 0 aliphatic heterocycles. The van der Waals surface area contributed by atoms with Crippen LogP contribution in [0.15, 0.2) is 47.4 Å². The summed E-state index contributed by atoms with van der Waals surface area (Å²) in [4.78, 5) is -0.189. The Balaban J connectivity index is 2.43. The number of nitrogens with one attached hydrogen (secondary N) is 1. The Morgan fingerprint density at radius 2 is 1.80 bits per heavy atom. The van der Waals surface area contributed by atoms with Crippen molar-refractivity contribution in [1.82, 2.24) is 0 Å². The highest BCUT2D eigenvalue weighted by Gasteiger charge is 2.19. The summed E-state index contributed by atoms with van der Waals surface area (Å²) in [5.41, 5.74) is -0.324. The monoisotopic (exact) mass is 299 g/mol. The van der Waals surface area contributed by atoms with E-state index in [1.807, 2.05) is 4.72 Å². The molecule has 20 heavy (non-hydrogen) atoms. The Kier molecular flexibility index (Phi) is 4.01. The highest BCUT2D eigenvalue weighted by Crippen LogP contribution is 2.22. The van der Waals surface area contributed by atoms with Crippen molar-refractivity contribution in [2.75, 3.05) is 4.72 Å². The van der Waals surface area contributed by atoms with E-state index in [-0.39, 0.29) is 10.5 Å². The molecule has 0 amide bonds. The molecule has 2 rings (SSSR count). The molecule has 0 radical (unpaired) electrons. The Hall–Kier alpha value is -1.99. The first kappa shape index (κ1) is 14.4. The minimum atomic E-state index is -4.11. The van der Waals surface area contributed by atoms with Crippen LogP contribution in [0.2, 0.25) is 0 Å². The number of aliphatic hydroxyl groups is 1. The topological polar surface area (TPSA) is 66.4 Å². The van der Waals surface area contributed by atoms with Gasteiger partial charge in [-0.2, -0.15) is 0 Å². The van der Waals surface area contributed by atoms with Crippen LogP contribution in [0.3, 0.4) is 0 Å². The summed E-state index contributed by atoms with van der Waals surface area (Å²) in [6.45, 7) is -0.483. The number of benzene rings is 2. The minimum Gasteiger partial charge on any atom is -0.392 e. The number of sulfonamides is 1. The number of hydrogen-bond donors (Lipinski definition) is 2. The van der Waals surface area contributed by atoms with E-state index in [4.69, 9.17) is 5.11 Å². The summed E-state index contributed by atoms with van der Waals surface area (Å²) in [6, 6.07) is 8.18. The zero-order valence-corrected chi connectivity index (χ0v) is 11.0. The lowest BCUT2D eigenvalue weighted by atomic mass is 10.2. The van der Waals surface area contributed by atoms with Crippen molar-refractivity contribution in [3.8, 4) is 0 Å². The minimum absolute atomic E-state index is 0.164. The van der Waals surface area contributed by atoms with Crippen molar-refractivity contribution < 1.29 is 22.3 Å². The SMILES string of the molecule is O=S(=O)(Nc1cc(F)ccc1F)c1ccccc1CO. The average Bonchev–Trinajstić information content (AvgIpc) is 2.42. The summed E-state index contributed by atoms with van der Waals surface area (Å²) in [5, 5.41) is 9.12. The van der Waals surface area contributed by atoms with E-state index in [1.165, 1.54) is 18.2 Å². The second-order valence-corrected chi connectivity index (χ2v) is 5.65. The van der Waals surface area contributed by atoms with E-state index in [0.717, 1.165) is 18.2 Å². The lowest BCUT2D eigenvalue weighted by Crippen LogP contribution is -2.16. The molecule has 0 saturated heterocycles. The van der Waals surface area contributed by atoms with Crippen LogP contribution in [-0.2, 0) is 16.6 Å². The van der Waals surface area contributed by atoms with E-state index in [1.54, 1.807) is 6.07 Å². The summed E-state index contributed by atoms with van der Waals surface area (Å²) >= 11 is 0. The average molecular weight is 299 g/mol. The second-order valence-electron chi connectivity index (χ2n) is 4.00. The lowest BCUT2D eigenvalue weighted by Gasteiger charge is -2.11. The molecule has 2 aromatic rings. The molecule has 0 bridgehead atoms. The van der Waals surface area contributed by atoms with E-state index in [9.17, 15) is 17.2 Å². The molecule has 0 saturated carbocycles. The first-order valence-electron chi connectivity index (χ1n) is 5.60. The lowest BCUT2D eigenvalue weighted by molar-refractivity contribution is 0.278. The highest BCUT2D eigenvalue weighted by molar-refractivity contribution is 7.92. The van der Waals surface area contributed by atoms with Crippen molar-refractivity contribution in [3.63, 3.8) is 0 Å². The molecule has 106 valence electrons. The van der Waals surface area contributed by atoms with Gasteiger partial charge in [-0.15, -0.1) is 0 Å². The third-order valence-electron chi connectivity index (χ3n) is 2.61. The van der Waals surface area contributed by atoms with Gasteiger partial charge in [0, 0.05) is 6.07 Å². The van der Waals surface area contributed by atoms with E-state index in [2.05, 4.69) is 0 Å². The Morgan fingerprint density at radius 1 is 1.10 bits per heavy atom. The highest BCUT2D eigenvalue weighted by atomic mass is 32.2. The van der Waals surface area contributed by atoms with E-state index >= 15 is 0 Å². The van der Waals surface area contributed by atoms with E-state index in [0.29, 0.717) is 0 Å². The number of anilines is 1. The largest absolute Gasteiger partial charge is 0.392 e. The van der Waals surface area contributed by atoms with Crippen molar-refractivity contribution in [2.24, 2.45) is 0 Å². The van der Waals surface area contributed by atoms with Gasteiger partial charge in [0.1, 0.15) is 11.6 Å². The first-order valence-corrected chi connectivity index (χ1v) is 7.09. The van der Waals surface area contributed by atoms with Gasteiger partial charge < -0.3 is 5.11 Å². The molecule has 4 nitrogen and oxygen atoms in total. The maximum atomic E-state index is 13.5. The maximum Gasteiger partial charge on any atom is 0.262 e. The van der Waals surface area contributed by atoms with Gasteiger partial charge in [-0.3, -0.25) is 4.72 Å². The van der Waals surface area contributed by atoms with Gasteiger partial charge in [-0.05, 0) is 23.8 Å². The molecule has 0 aliphatic rings. The first-order chi connectivity index (χ1) is 9.44. The van der Waals surface area contributed by atoms with Crippen LogP contribution in [-0.4, -0.2) is 13.5 Å². The van der Waals surface area contributed by atoms with Gasteiger partial charge in [0.25, 0.3) is 10.0 Å². The van der Waals surface area contributed by atoms with Crippen LogP contribution in [0.5, 0.6) is 0 Å². The normalized spacial score (nSPS) is 11.3. The fourth-order valence-electron chi connectivity index (χ4n) is 1.67. The number of hydrogen-bond acceptors (Lipinski definition) is 3. The Morgan fingerprint density at radius 3 is 2.50 bits per heavy atom. The molecule has 0 aliphatic carbocycles. The van der Waals surface area contributed by atoms with Crippen LogP contribution in [0.25, 0.3) is 0 Å². The quantitative estimate of drug-likeness (QED) is 0.910. The standard InChI is InChI=1S/C13H11F2NO3S/c14-10-5-6-11(15)12(7-10)16-20(18,19)13-4-2-1-3-9(13)8-17/h1-7,16-17H,8H2. The van der Waals surface area contributed by atoms with Crippen LogP contribution in [0, 0.1) is 11.6 Å². The predicted molar refractivity (Wildman–Crippen MR) is 69.5 cm³/mol. The molecule has 0 unspecified atom stereocenters. The van der Waals surface area contributed by atoms with Crippen LogP contribution in [0.4, 0.5) is 14.5 Å². The van der Waals surface area contributed by atoms with Gasteiger partial charge in [-0.1, -0.05) is 18.2 Å². The van der Waals surface area contributed by atoms with Gasteiger partial charge >= 0.3 is 0 Å². The van der Waals surface area contributed by atoms with E-state index < -0.39 is 34.0 Å². The molecule has 2 N–H and O–H groups in total. The zero-order valence-electron chi connectivity index (χ0n) is 10.2. The third kappa shape index (κ3) is 2.94. The predicted octanol–water partition coefficient (Wildman–Crippen LogP) is 2.26. The number of halogens is 2. The number of aliphatic hydroxyl groups excluding tert-OH is 1. The molecule has 2 aromatic carbocycles. The molecule has 0 spiro atoms. The number of rotatable bonds is 4. The smallest absolute Gasteiger partial charge is 0.262 e. The molecule has 0 heterocycles. The van der Waals surface area contributed by atoms with Crippen molar-refractivity contribution in [2.45, 2.75) is 11.5 Å². The second kappa shape index (κ2) is 5.56. The van der Waals surface area contributed by atoms with Gasteiger partial charge in [0.05, 0.1) is 17.2 Å². The van der Waals surface area contributed by atoms with Gasteiger partial charge in [0.2, 0.25) is 0 Å².